The number of piperidine rings is 1. The maximum atomic E-state index is 9.07. The Morgan fingerprint density at radius 3 is 2.75 bits per heavy atom. The van der Waals surface area contributed by atoms with Crippen LogP contribution in [0.3, 0.4) is 0 Å². The molecule has 1 aromatic heterocycles. The first-order valence-electron chi connectivity index (χ1n) is 8.06. The van der Waals surface area contributed by atoms with Gasteiger partial charge < -0.3 is 19.4 Å². The highest BCUT2D eigenvalue weighted by Gasteiger charge is 2.22. The van der Waals surface area contributed by atoms with Gasteiger partial charge in [-0.25, -0.2) is 9.97 Å². The van der Waals surface area contributed by atoms with Gasteiger partial charge in [0.25, 0.3) is 0 Å². The first kappa shape index (κ1) is 17.7. The van der Waals surface area contributed by atoms with Crippen LogP contribution in [0.15, 0.2) is 24.5 Å². The second kappa shape index (κ2) is 8.30. The van der Waals surface area contributed by atoms with Crippen LogP contribution in [-0.4, -0.2) is 44.9 Å². The van der Waals surface area contributed by atoms with Gasteiger partial charge in [-0.1, -0.05) is 0 Å². The van der Waals surface area contributed by atoms with E-state index in [-0.39, 0.29) is 0 Å². The summed E-state index contributed by atoms with van der Waals surface area (Å²) in [6.07, 6.45) is 5.11. The highest BCUT2D eigenvalue weighted by molar-refractivity contribution is 7.80. The number of anilines is 1. The lowest BCUT2D eigenvalue weighted by Crippen LogP contribution is -2.34. The van der Waals surface area contributed by atoms with Crippen LogP contribution in [-0.2, 0) is 0 Å². The van der Waals surface area contributed by atoms with Crippen molar-refractivity contribution >= 4 is 37.7 Å². The highest BCUT2D eigenvalue weighted by atomic mass is 32.1. The molecule has 1 fully saturated rings. The van der Waals surface area contributed by atoms with Gasteiger partial charge in [0, 0.05) is 30.7 Å². The minimum atomic E-state index is -1.76. The molecule has 3 rings (SSSR count). The van der Waals surface area contributed by atoms with Crippen molar-refractivity contribution in [2.45, 2.75) is 19.3 Å². The van der Waals surface area contributed by atoms with E-state index in [0.717, 1.165) is 54.8 Å². The molecule has 0 spiro atoms. The van der Waals surface area contributed by atoms with Crippen molar-refractivity contribution in [3.63, 3.8) is 0 Å². The third-order valence-electron chi connectivity index (χ3n) is 4.47. The molecule has 1 aromatic carbocycles. The lowest BCUT2D eigenvalue weighted by molar-refractivity contribution is 0.386. The molecule has 1 aliphatic heterocycles. The van der Waals surface area contributed by atoms with Gasteiger partial charge in [0.15, 0.2) is 8.38 Å². The minimum absolute atomic E-state index is 0.334. The van der Waals surface area contributed by atoms with E-state index in [1.54, 1.807) is 6.33 Å². The number of aromatic nitrogens is 2. The molecule has 6 nitrogen and oxygen atoms in total. The summed E-state index contributed by atoms with van der Waals surface area (Å²) >= 11 is 4.07. The van der Waals surface area contributed by atoms with Crippen LogP contribution in [0.2, 0.25) is 0 Å². The fourth-order valence-corrected chi connectivity index (χ4v) is 3.92. The number of ether oxygens (including phenoxy) is 1. The first-order valence-corrected chi connectivity index (χ1v) is 10.1. The Bertz CT molecular complexity index is 681. The lowest BCUT2D eigenvalue weighted by atomic mass is 9.94. The average Bonchev–Trinajstić information content (AvgIpc) is 2.60. The van der Waals surface area contributed by atoms with Crippen LogP contribution in [0.25, 0.3) is 10.9 Å². The van der Waals surface area contributed by atoms with Gasteiger partial charge in [-0.3, -0.25) is 0 Å². The van der Waals surface area contributed by atoms with Gasteiger partial charge in [0.1, 0.15) is 23.8 Å². The number of thiol groups is 1. The Balaban J connectivity index is 1.71. The van der Waals surface area contributed by atoms with Crippen molar-refractivity contribution in [1.29, 1.82) is 0 Å². The molecular formula is C16H22N3O3PS. The van der Waals surface area contributed by atoms with Crippen molar-refractivity contribution < 1.29 is 14.5 Å². The molecule has 1 aliphatic rings. The maximum Gasteiger partial charge on any atom is 0.164 e. The van der Waals surface area contributed by atoms with Crippen molar-refractivity contribution in [3.8, 4) is 5.75 Å². The predicted octanol–water partition coefficient (Wildman–Crippen LogP) is 2.80. The van der Waals surface area contributed by atoms with Gasteiger partial charge in [-0.15, -0.1) is 12.6 Å². The standard InChI is InChI=1S/C16H22N3O3PS/c20-23(21)8-5-12-3-6-19(7-4-12)16-14-2-1-13(22-11-24)9-15(14)17-10-18-16/h1-2,9-10,12,20-21,24H,3-8,11H2. The number of rotatable bonds is 6. The van der Waals surface area contributed by atoms with Gasteiger partial charge >= 0.3 is 0 Å². The van der Waals surface area contributed by atoms with Crippen molar-refractivity contribution in [2.75, 3.05) is 30.1 Å². The Kier molecular flexibility index (Phi) is 6.11. The van der Waals surface area contributed by atoms with Crippen LogP contribution < -0.4 is 9.64 Å². The highest BCUT2D eigenvalue weighted by Crippen LogP contribution is 2.32. The zero-order chi connectivity index (χ0) is 16.9. The van der Waals surface area contributed by atoms with Crippen LogP contribution in [0, 0.1) is 5.92 Å². The third kappa shape index (κ3) is 4.28. The van der Waals surface area contributed by atoms with E-state index in [9.17, 15) is 0 Å². The van der Waals surface area contributed by atoms with E-state index >= 15 is 0 Å². The van der Waals surface area contributed by atoms with Crippen LogP contribution in [0.1, 0.15) is 19.3 Å². The van der Waals surface area contributed by atoms with E-state index < -0.39 is 8.38 Å². The molecule has 2 aromatic rings. The Labute approximate surface area is 148 Å². The summed E-state index contributed by atoms with van der Waals surface area (Å²) < 4.78 is 5.41. The van der Waals surface area contributed by atoms with Crippen molar-refractivity contribution in [2.24, 2.45) is 5.92 Å². The summed E-state index contributed by atoms with van der Waals surface area (Å²) in [5.74, 6) is 2.61. The molecule has 0 radical (unpaired) electrons. The van der Waals surface area contributed by atoms with E-state index in [1.165, 1.54) is 0 Å². The first-order chi connectivity index (χ1) is 11.7. The molecule has 0 saturated carbocycles. The monoisotopic (exact) mass is 367 g/mol. The van der Waals surface area contributed by atoms with Gasteiger partial charge in [0.2, 0.25) is 0 Å². The topological polar surface area (TPSA) is 78.7 Å². The molecule has 0 bridgehead atoms. The molecule has 0 atom stereocenters. The molecular weight excluding hydrogens is 345 g/mol. The molecule has 1 saturated heterocycles. The second-order valence-corrected chi connectivity index (χ2v) is 7.41. The normalized spacial score (nSPS) is 16.1. The molecule has 2 heterocycles. The molecule has 24 heavy (non-hydrogen) atoms. The predicted molar refractivity (Wildman–Crippen MR) is 99.8 cm³/mol. The van der Waals surface area contributed by atoms with E-state index in [4.69, 9.17) is 14.5 Å². The van der Waals surface area contributed by atoms with Crippen LogP contribution in [0.4, 0.5) is 5.82 Å². The largest absolute Gasteiger partial charge is 0.483 e. The molecule has 2 N–H and O–H groups in total. The zero-order valence-corrected chi connectivity index (χ0v) is 15.2. The molecule has 0 unspecified atom stereocenters. The lowest BCUT2D eigenvalue weighted by Gasteiger charge is -2.33. The van der Waals surface area contributed by atoms with E-state index in [1.807, 2.05) is 18.2 Å². The van der Waals surface area contributed by atoms with Gasteiger partial charge in [0.05, 0.1) is 5.52 Å². The smallest absolute Gasteiger partial charge is 0.164 e. The number of hydrogen-bond donors (Lipinski definition) is 3. The zero-order valence-electron chi connectivity index (χ0n) is 13.4. The second-order valence-electron chi connectivity index (χ2n) is 5.96. The number of nitrogens with zero attached hydrogens (tertiary/aromatic N) is 3. The Hall–Kier alpha value is -1.14. The minimum Gasteiger partial charge on any atom is -0.483 e. The molecule has 130 valence electrons. The number of hydrogen-bond acceptors (Lipinski definition) is 7. The summed E-state index contributed by atoms with van der Waals surface area (Å²) in [5.41, 5.74) is 0.868. The van der Waals surface area contributed by atoms with Gasteiger partial charge in [-0.05, 0) is 37.3 Å². The fourth-order valence-electron chi connectivity index (χ4n) is 3.17. The molecule has 0 aliphatic carbocycles. The summed E-state index contributed by atoms with van der Waals surface area (Å²) in [6, 6.07) is 5.83. The summed E-state index contributed by atoms with van der Waals surface area (Å²) in [7, 11) is -1.76. The SMILES string of the molecule is OP(O)CCC1CCN(c2ncnc3cc(OCS)ccc23)CC1. The molecule has 0 amide bonds. The van der Waals surface area contributed by atoms with Crippen LogP contribution >= 0.6 is 21.0 Å². The number of benzene rings is 1. The summed E-state index contributed by atoms with van der Waals surface area (Å²) in [6.45, 7) is 1.86. The van der Waals surface area contributed by atoms with Gasteiger partial charge in [-0.2, -0.15) is 0 Å². The maximum absolute atomic E-state index is 9.07. The van der Waals surface area contributed by atoms with E-state index in [0.29, 0.717) is 18.0 Å². The Morgan fingerprint density at radius 2 is 2.04 bits per heavy atom. The quantitative estimate of drug-likeness (QED) is 0.414. The Morgan fingerprint density at radius 1 is 1.25 bits per heavy atom. The summed E-state index contributed by atoms with van der Waals surface area (Å²) in [5, 5.41) is 1.02. The number of fused-ring (bicyclic) bond motifs is 1. The average molecular weight is 367 g/mol. The third-order valence-corrected chi connectivity index (χ3v) is 5.26. The van der Waals surface area contributed by atoms with Crippen molar-refractivity contribution in [3.05, 3.63) is 24.5 Å². The van der Waals surface area contributed by atoms with Crippen molar-refractivity contribution in [1.82, 2.24) is 9.97 Å². The summed E-state index contributed by atoms with van der Waals surface area (Å²) in [4.78, 5) is 29.3. The van der Waals surface area contributed by atoms with E-state index in [2.05, 4.69) is 27.5 Å². The van der Waals surface area contributed by atoms with Crippen LogP contribution in [0.5, 0.6) is 5.75 Å². The fraction of sp³-hybridized carbons (Fsp3) is 0.500. The molecule has 8 heteroatoms.